The predicted molar refractivity (Wildman–Crippen MR) is 71.7 cm³/mol. The van der Waals surface area contributed by atoms with Crippen molar-refractivity contribution in [2.45, 2.75) is 37.3 Å². The minimum Gasteiger partial charge on any atom is -0.469 e. The second-order valence-corrected chi connectivity index (χ2v) is 5.64. The zero-order valence-electron chi connectivity index (χ0n) is 11.5. The molecule has 1 aromatic heterocycles. The van der Waals surface area contributed by atoms with E-state index in [0.29, 0.717) is 12.1 Å². The molecule has 3 rings (SSSR count). The first-order valence-electron chi connectivity index (χ1n) is 6.92. The molecule has 0 N–H and O–H groups in total. The van der Waals surface area contributed by atoms with E-state index in [1.54, 1.807) is 6.20 Å². The van der Waals surface area contributed by atoms with Crippen molar-refractivity contribution in [3.05, 3.63) is 30.1 Å². The summed E-state index contributed by atoms with van der Waals surface area (Å²) in [7, 11) is 3.63. The molecule has 0 radical (unpaired) electrons. The van der Waals surface area contributed by atoms with Crippen LogP contribution in [0.3, 0.4) is 0 Å². The largest absolute Gasteiger partial charge is 0.469 e. The highest BCUT2D eigenvalue weighted by molar-refractivity contribution is 5.75. The average Bonchev–Trinajstić information content (AvgIpc) is 2.70. The molecular formula is C15H20N2O2. The Morgan fingerprint density at radius 3 is 3.00 bits per heavy atom. The number of nitrogens with zero attached hydrogens (tertiary/aromatic N) is 2. The van der Waals surface area contributed by atoms with E-state index in [4.69, 9.17) is 4.74 Å². The highest BCUT2D eigenvalue weighted by atomic mass is 16.5. The molecule has 0 aliphatic carbocycles. The van der Waals surface area contributed by atoms with Crippen molar-refractivity contribution < 1.29 is 9.53 Å². The number of hydrogen-bond acceptors (Lipinski definition) is 4. The Morgan fingerprint density at radius 1 is 1.47 bits per heavy atom. The maximum atomic E-state index is 12.2. The van der Waals surface area contributed by atoms with Crippen LogP contribution in [0.2, 0.25) is 0 Å². The lowest BCUT2D eigenvalue weighted by atomic mass is 9.76. The molecule has 2 saturated heterocycles. The fourth-order valence-electron chi connectivity index (χ4n) is 3.86. The lowest BCUT2D eigenvalue weighted by molar-refractivity contribution is -0.150. The predicted octanol–water partition coefficient (Wildman–Crippen LogP) is 1.82. The Bertz CT molecular complexity index is 462. The van der Waals surface area contributed by atoms with E-state index in [9.17, 15) is 4.79 Å². The van der Waals surface area contributed by atoms with Crippen molar-refractivity contribution in [1.29, 1.82) is 0 Å². The van der Waals surface area contributed by atoms with Gasteiger partial charge in [-0.25, -0.2) is 0 Å². The van der Waals surface area contributed by atoms with Gasteiger partial charge in [0.05, 0.1) is 13.0 Å². The molecule has 2 aliphatic rings. The van der Waals surface area contributed by atoms with Gasteiger partial charge in [-0.1, -0.05) is 6.07 Å². The minimum absolute atomic E-state index is 0.0575. The van der Waals surface area contributed by atoms with Gasteiger partial charge >= 0.3 is 5.97 Å². The van der Waals surface area contributed by atoms with E-state index < -0.39 is 0 Å². The summed E-state index contributed by atoms with van der Waals surface area (Å²) in [6, 6.07) is 4.94. The Balaban J connectivity index is 1.96. The lowest BCUT2D eigenvalue weighted by Crippen LogP contribution is -2.49. The van der Waals surface area contributed by atoms with Crippen LogP contribution in [0.1, 0.15) is 30.7 Å². The van der Waals surface area contributed by atoms with Gasteiger partial charge in [-0.2, -0.15) is 0 Å². The van der Waals surface area contributed by atoms with Crippen LogP contribution in [0.25, 0.3) is 0 Å². The zero-order valence-corrected chi connectivity index (χ0v) is 11.5. The van der Waals surface area contributed by atoms with Crippen molar-refractivity contribution in [2.75, 3.05) is 14.2 Å². The number of hydrogen-bond donors (Lipinski definition) is 0. The van der Waals surface area contributed by atoms with Crippen LogP contribution in [0, 0.1) is 5.92 Å². The van der Waals surface area contributed by atoms with Gasteiger partial charge in [-0.05, 0) is 37.9 Å². The maximum Gasteiger partial charge on any atom is 0.310 e. The van der Waals surface area contributed by atoms with Crippen molar-refractivity contribution in [3.63, 3.8) is 0 Å². The number of fused-ring (bicyclic) bond motifs is 2. The molecule has 0 aromatic carbocycles. The van der Waals surface area contributed by atoms with Gasteiger partial charge in [0.2, 0.25) is 0 Å². The number of ether oxygens (including phenoxy) is 1. The number of piperidine rings is 1. The summed E-state index contributed by atoms with van der Waals surface area (Å²) in [5.41, 5.74) is 1.17. The standard InChI is InChI=1S/C15H20N2O2/c1-17-11-5-6-13(17)14(15(18)19-2)12(8-11)10-4-3-7-16-9-10/h3-4,7,9,11-14H,5-6,8H2,1-2H3. The van der Waals surface area contributed by atoms with Crippen LogP contribution >= 0.6 is 0 Å². The molecule has 0 spiro atoms. The number of methoxy groups -OCH3 is 1. The summed E-state index contributed by atoms with van der Waals surface area (Å²) in [4.78, 5) is 18.8. The van der Waals surface area contributed by atoms with E-state index in [0.717, 1.165) is 12.8 Å². The number of carbonyl (C=O) groups excluding carboxylic acids is 1. The lowest BCUT2D eigenvalue weighted by Gasteiger charge is -2.41. The van der Waals surface area contributed by atoms with Crippen molar-refractivity contribution in [2.24, 2.45) is 5.92 Å². The summed E-state index contributed by atoms with van der Waals surface area (Å²) in [6.45, 7) is 0. The van der Waals surface area contributed by atoms with Gasteiger partial charge in [0, 0.05) is 30.4 Å². The molecule has 2 bridgehead atoms. The number of rotatable bonds is 2. The molecule has 4 nitrogen and oxygen atoms in total. The molecule has 4 atom stereocenters. The minimum atomic E-state index is -0.0777. The third kappa shape index (κ3) is 2.04. The molecule has 19 heavy (non-hydrogen) atoms. The topological polar surface area (TPSA) is 42.4 Å². The van der Waals surface area contributed by atoms with Crippen LogP contribution < -0.4 is 0 Å². The molecule has 2 fully saturated rings. The Morgan fingerprint density at radius 2 is 2.32 bits per heavy atom. The highest BCUT2D eigenvalue weighted by Crippen LogP contribution is 2.46. The molecule has 4 unspecified atom stereocenters. The molecule has 1 aromatic rings. The first kappa shape index (κ1) is 12.6. The van der Waals surface area contributed by atoms with Crippen LogP contribution in [-0.4, -0.2) is 42.1 Å². The van der Waals surface area contributed by atoms with E-state index in [2.05, 4.69) is 23.0 Å². The Kier molecular flexibility index (Phi) is 3.27. The van der Waals surface area contributed by atoms with Crippen molar-refractivity contribution in [3.8, 4) is 0 Å². The summed E-state index contributed by atoms with van der Waals surface area (Å²) >= 11 is 0. The average molecular weight is 260 g/mol. The SMILES string of the molecule is COC(=O)C1C(c2cccnc2)CC2CCC1N2C. The molecule has 102 valence electrons. The molecule has 2 aliphatic heterocycles. The van der Waals surface area contributed by atoms with Gasteiger partial charge in [0.25, 0.3) is 0 Å². The fourth-order valence-corrected chi connectivity index (χ4v) is 3.86. The summed E-state index contributed by atoms with van der Waals surface area (Å²) < 4.78 is 5.05. The van der Waals surface area contributed by atoms with E-state index in [1.807, 2.05) is 12.3 Å². The highest BCUT2D eigenvalue weighted by Gasteiger charge is 2.49. The van der Waals surface area contributed by atoms with E-state index in [-0.39, 0.29) is 17.8 Å². The third-order valence-electron chi connectivity index (χ3n) is 4.85. The number of carbonyl (C=O) groups is 1. The van der Waals surface area contributed by atoms with Crippen LogP contribution in [0.5, 0.6) is 0 Å². The second kappa shape index (κ2) is 4.93. The molecule has 0 amide bonds. The zero-order chi connectivity index (χ0) is 13.4. The summed E-state index contributed by atoms with van der Waals surface area (Å²) in [6.07, 6.45) is 6.98. The summed E-state index contributed by atoms with van der Waals surface area (Å²) in [5.74, 6) is 0.110. The molecule has 4 heteroatoms. The molecule has 3 heterocycles. The third-order valence-corrected chi connectivity index (χ3v) is 4.85. The number of esters is 1. The molecule has 0 saturated carbocycles. The van der Waals surface area contributed by atoms with Gasteiger partial charge in [0.1, 0.15) is 0 Å². The van der Waals surface area contributed by atoms with E-state index >= 15 is 0 Å². The maximum absolute atomic E-state index is 12.2. The van der Waals surface area contributed by atoms with Gasteiger partial charge < -0.3 is 4.74 Å². The van der Waals surface area contributed by atoms with Crippen molar-refractivity contribution in [1.82, 2.24) is 9.88 Å². The number of pyridine rings is 1. The van der Waals surface area contributed by atoms with Gasteiger partial charge in [0.15, 0.2) is 0 Å². The Labute approximate surface area is 113 Å². The fraction of sp³-hybridized carbons (Fsp3) is 0.600. The van der Waals surface area contributed by atoms with Crippen LogP contribution in [0.15, 0.2) is 24.5 Å². The smallest absolute Gasteiger partial charge is 0.310 e. The molecular weight excluding hydrogens is 240 g/mol. The first-order valence-corrected chi connectivity index (χ1v) is 6.92. The van der Waals surface area contributed by atoms with E-state index in [1.165, 1.54) is 19.1 Å². The number of aromatic nitrogens is 1. The van der Waals surface area contributed by atoms with Gasteiger partial charge in [-0.15, -0.1) is 0 Å². The summed E-state index contributed by atoms with van der Waals surface area (Å²) in [5, 5.41) is 0. The Hall–Kier alpha value is -1.42. The second-order valence-electron chi connectivity index (χ2n) is 5.64. The normalized spacial score (nSPS) is 34.2. The monoisotopic (exact) mass is 260 g/mol. The van der Waals surface area contributed by atoms with Gasteiger partial charge in [-0.3, -0.25) is 14.7 Å². The van der Waals surface area contributed by atoms with Crippen LogP contribution in [0.4, 0.5) is 0 Å². The quantitative estimate of drug-likeness (QED) is 0.761. The van der Waals surface area contributed by atoms with Crippen molar-refractivity contribution >= 4 is 5.97 Å². The van der Waals surface area contributed by atoms with Crippen LogP contribution in [-0.2, 0) is 9.53 Å². The first-order chi connectivity index (χ1) is 9.22.